The highest BCUT2D eigenvalue weighted by atomic mass is 16.7. The predicted octanol–water partition coefficient (Wildman–Crippen LogP) is 1.30. The summed E-state index contributed by atoms with van der Waals surface area (Å²) in [6, 6.07) is 5.62. The highest BCUT2D eigenvalue weighted by molar-refractivity contribution is 5.93. The van der Waals surface area contributed by atoms with Crippen LogP contribution in [0.5, 0.6) is 0 Å². The van der Waals surface area contributed by atoms with E-state index in [1.54, 1.807) is 0 Å². The van der Waals surface area contributed by atoms with Crippen molar-refractivity contribution in [1.82, 2.24) is 10.4 Å². The third-order valence-corrected chi connectivity index (χ3v) is 3.55. The van der Waals surface area contributed by atoms with E-state index in [0.717, 1.165) is 38.4 Å². The monoisotopic (exact) mass is 278 g/mol. The number of aryl methyl sites for hydroxylation is 2. The maximum Gasteiger partial charge on any atom is 0.274 e. The minimum absolute atomic E-state index is 0.199. The van der Waals surface area contributed by atoms with E-state index in [4.69, 9.17) is 9.57 Å². The zero-order chi connectivity index (χ0) is 14.4. The summed E-state index contributed by atoms with van der Waals surface area (Å²) in [4.78, 5) is 19.4. The van der Waals surface area contributed by atoms with E-state index in [1.807, 2.05) is 32.0 Å². The number of hydroxylamine groups is 1. The van der Waals surface area contributed by atoms with Crippen molar-refractivity contribution in [3.63, 3.8) is 0 Å². The lowest BCUT2D eigenvalue weighted by atomic mass is 10.1. The van der Waals surface area contributed by atoms with E-state index >= 15 is 0 Å². The van der Waals surface area contributed by atoms with Crippen LogP contribution in [0.25, 0.3) is 0 Å². The predicted molar refractivity (Wildman–Crippen MR) is 76.6 cm³/mol. The van der Waals surface area contributed by atoms with Crippen molar-refractivity contribution >= 4 is 5.91 Å². The number of nitrogens with one attached hydrogen (secondary N) is 1. The molecule has 1 fully saturated rings. The van der Waals surface area contributed by atoms with Gasteiger partial charge in [-0.05, 0) is 37.1 Å². The molecule has 1 aliphatic rings. The van der Waals surface area contributed by atoms with Crippen LogP contribution < -0.4 is 5.48 Å². The van der Waals surface area contributed by atoms with Crippen molar-refractivity contribution in [2.75, 3.05) is 39.5 Å². The van der Waals surface area contributed by atoms with E-state index in [0.29, 0.717) is 12.2 Å². The van der Waals surface area contributed by atoms with Crippen molar-refractivity contribution in [1.29, 1.82) is 0 Å². The molecule has 0 aliphatic carbocycles. The Bertz CT molecular complexity index is 456. The van der Waals surface area contributed by atoms with Crippen LogP contribution in [-0.4, -0.2) is 50.3 Å². The molecule has 1 N–H and O–H groups in total. The number of carbonyl (C=O) groups is 1. The molecule has 0 bridgehead atoms. The van der Waals surface area contributed by atoms with Gasteiger partial charge in [-0.15, -0.1) is 0 Å². The first-order valence-corrected chi connectivity index (χ1v) is 6.96. The maximum absolute atomic E-state index is 11.9. The van der Waals surface area contributed by atoms with Gasteiger partial charge in [-0.25, -0.2) is 5.48 Å². The molecule has 0 aromatic heterocycles. The van der Waals surface area contributed by atoms with E-state index < -0.39 is 0 Å². The Morgan fingerprint density at radius 1 is 1.30 bits per heavy atom. The minimum Gasteiger partial charge on any atom is -0.379 e. The summed E-state index contributed by atoms with van der Waals surface area (Å²) in [6.07, 6.45) is 0. The summed E-state index contributed by atoms with van der Waals surface area (Å²) >= 11 is 0. The molecule has 1 amide bonds. The summed E-state index contributed by atoms with van der Waals surface area (Å²) in [5.74, 6) is -0.199. The first-order chi connectivity index (χ1) is 9.66. The van der Waals surface area contributed by atoms with Gasteiger partial charge in [-0.3, -0.25) is 14.5 Å². The Balaban J connectivity index is 1.70. The molecule has 0 saturated carbocycles. The van der Waals surface area contributed by atoms with Gasteiger partial charge in [0.05, 0.1) is 19.8 Å². The molecule has 20 heavy (non-hydrogen) atoms. The molecule has 110 valence electrons. The lowest BCUT2D eigenvalue weighted by molar-refractivity contribution is -0.00177. The van der Waals surface area contributed by atoms with Crippen LogP contribution in [0, 0.1) is 13.8 Å². The molecule has 0 radical (unpaired) electrons. The van der Waals surface area contributed by atoms with Crippen LogP contribution in [-0.2, 0) is 9.57 Å². The van der Waals surface area contributed by atoms with Crippen molar-refractivity contribution in [2.24, 2.45) is 0 Å². The normalized spacial score (nSPS) is 16.1. The Kier molecular flexibility index (Phi) is 5.52. The summed E-state index contributed by atoms with van der Waals surface area (Å²) in [5, 5.41) is 0. The number of hydrogen-bond acceptors (Lipinski definition) is 4. The second-order valence-electron chi connectivity index (χ2n) is 5.03. The molecule has 1 aliphatic heterocycles. The minimum atomic E-state index is -0.199. The van der Waals surface area contributed by atoms with Gasteiger partial charge in [-0.1, -0.05) is 6.07 Å². The summed E-state index contributed by atoms with van der Waals surface area (Å²) in [7, 11) is 0. The van der Waals surface area contributed by atoms with Crippen LogP contribution in [0.4, 0.5) is 0 Å². The molecule has 5 nitrogen and oxygen atoms in total. The van der Waals surface area contributed by atoms with Gasteiger partial charge in [0, 0.05) is 25.2 Å². The molecule has 1 saturated heterocycles. The molecular weight excluding hydrogens is 256 g/mol. The molecule has 0 atom stereocenters. The zero-order valence-electron chi connectivity index (χ0n) is 12.1. The molecule has 5 heteroatoms. The fourth-order valence-corrected chi connectivity index (χ4v) is 2.06. The second-order valence-corrected chi connectivity index (χ2v) is 5.03. The van der Waals surface area contributed by atoms with E-state index in [1.165, 1.54) is 5.56 Å². The Labute approximate surface area is 119 Å². The quantitative estimate of drug-likeness (QED) is 0.651. The Morgan fingerprint density at radius 3 is 2.75 bits per heavy atom. The average molecular weight is 278 g/mol. The molecule has 0 spiro atoms. The number of morpholine rings is 1. The highest BCUT2D eigenvalue weighted by Gasteiger charge is 2.10. The van der Waals surface area contributed by atoms with Gasteiger partial charge < -0.3 is 4.74 Å². The Morgan fingerprint density at radius 2 is 2.05 bits per heavy atom. The van der Waals surface area contributed by atoms with Gasteiger partial charge in [0.25, 0.3) is 5.91 Å². The van der Waals surface area contributed by atoms with E-state index in [-0.39, 0.29) is 5.91 Å². The number of nitrogens with zero attached hydrogens (tertiary/aromatic N) is 1. The summed E-state index contributed by atoms with van der Waals surface area (Å²) < 4.78 is 5.27. The molecule has 1 heterocycles. The first-order valence-electron chi connectivity index (χ1n) is 6.96. The lowest BCUT2D eigenvalue weighted by Crippen LogP contribution is -2.39. The van der Waals surface area contributed by atoms with Crippen LogP contribution in [0.3, 0.4) is 0 Å². The van der Waals surface area contributed by atoms with Crippen LogP contribution >= 0.6 is 0 Å². The van der Waals surface area contributed by atoms with Gasteiger partial charge in [0.2, 0.25) is 0 Å². The Hall–Kier alpha value is -1.43. The number of ether oxygens (including phenoxy) is 1. The fourth-order valence-electron chi connectivity index (χ4n) is 2.06. The number of benzene rings is 1. The number of hydrogen-bond donors (Lipinski definition) is 1. The maximum atomic E-state index is 11.9. The van der Waals surface area contributed by atoms with Crippen LogP contribution in [0.1, 0.15) is 21.5 Å². The topological polar surface area (TPSA) is 50.8 Å². The van der Waals surface area contributed by atoms with Gasteiger partial charge in [-0.2, -0.15) is 0 Å². The van der Waals surface area contributed by atoms with Crippen molar-refractivity contribution in [3.05, 3.63) is 34.9 Å². The average Bonchev–Trinajstić information content (AvgIpc) is 2.47. The van der Waals surface area contributed by atoms with Crippen LogP contribution in [0.2, 0.25) is 0 Å². The van der Waals surface area contributed by atoms with Crippen molar-refractivity contribution in [3.8, 4) is 0 Å². The van der Waals surface area contributed by atoms with Gasteiger partial charge >= 0.3 is 0 Å². The lowest BCUT2D eigenvalue weighted by Gasteiger charge is -2.26. The SMILES string of the molecule is Cc1ccc(C(=O)NOCCN2CCOCC2)cc1C. The molecule has 2 rings (SSSR count). The highest BCUT2D eigenvalue weighted by Crippen LogP contribution is 2.09. The largest absolute Gasteiger partial charge is 0.379 e. The number of carbonyl (C=O) groups excluding carboxylic acids is 1. The standard InChI is InChI=1S/C15H22N2O3/c1-12-3-4-14(11-13(12)2)15(18)16-20-10-7-17-5-8-19-9-6-17/h3-4,11H,5-10H2,1-2H3,(H,16,18). The summed E-state index contributed by atoms with van der Waals surface area (Å²) in [5.41, 5.74) is 5.39. The second kappa shape index (κ2) is 7.38. The summed E-state index contributed by atoms with van der Waals surface area (Å²) in [6.45, 7) is 8.70. The van der Waals surface area contributed by atoms with Crippen molar-refractivity contribution < 1.29 is 14.4 Å². The van der Waals surface area contributed by atoms with Gasteiger partial charge in [0.1, 0.15) is 0 Å². The molecular formula is C15H22N2O3. The number of rotatable bonds is 5. The third-order valence-electron chi connectivity index (χ3n) is 3.55. The smallest absolute Gasteiger partial charge is 0.274 e. The number of amides is 1. The van der Waals surface area contributed by atoms with E-state index in [2.05, 4.69) is 10.4 Å². The molecule has 0 unspecified atom stereocenters. The van der Waals surface area contributed by atoms with E-state index in [9.17, 15) is 4.79 Å². The van der Waals surface area contributed by atoms with Crippen LogP contribution in [0.15, 0.2) is 18.2 Å². The molecule has 1 aromatic carbocycles. The fraction of sp³-hybridized carbons (Fsp3) is 0.533. The zero-order valence-corrected chi connectivity index (χ0v) is 12.1. The first kappa shape index (κ1) is 15.0. The van der Waals surface area contributed by atoms with Crippen molar-refractivity contribution in [2.45, 2.75) is 13.8 Å². The van der Waals surface area contributed by atoms with Gasteiger partial charge in [0.15, 0.2) is 0 Å². The third kappa shape index (κ3) is 4.30. The molecule has 1 aromatic rings.